The molecule has 0 spiro atoms. The Hall–Kier alpha value is -3.95. The average molecular weight is 458 g/mol. The summed E-state index contributed by atoms with van der Waals surface area (Å²) in [4.78, 5) is 17.4. The van der Waals surface area contributed by atoms with Crippen LogP contribution in [0.4, 0.5) is 4.39 Å². The van der Waals surface area contributed by atoms with Gasteiger partial charge < -0.3 is 9.64 Å². The second-order valence-corrected chi connectivity index (χ2v) is 7.95. The molecule has 34 heavy (non-hydrogen) atoms. The highest BCUT2D eigenvalue weighted by Crippen LogP contribution is 2.34. The third-order valence-electron chi connectivity index (χ3n) is 5.71. The Morgan fingerprint density at radius 3 is 2.38 bits per heavy atom. The number of ether oxygens (including phenoxy) is 1. The Kier molecular flexibility index (Phi) is 8.18. The number of benzene rings is 3. The maximum absolute atomic E-state index is 13.8. The molecule has 0 aliphatic rings. The molecule has 3 aromatic rings. The summed E-state index contributed by atoms with van der Waals surface area (Å²) in [5, 5.41) is 11.5. The molecule has 3 rings (SSSR count). The molecule has 5 nitrogen and oxygen atoms in total. The molecule has 3 aromatic carbocycles. The van der Waals surface area contributed by atoms with Gasteiger partial charge >= 0.3 is 0 Å². The summed E-state index contributed by atoms with van der Waals surface area (Å²) in [6, 6.07) is 17.0. The van der Waals surface area contributed by atoms with Crippen LogP contribution in [0.5, 0.6) is 5.75 Å². The zero-order chi connectivity index (χ0) is 24.7. The second kappa shape index (κ2) is 11.3. The molecule has 1 amide bonds. The van der Waals surface area contributed by atoms with Crippen molar-refractivity contribution < 1.29 is 13.9 Å². The number of likely N-dealkylation sites (N-methyl/N-ethyl adjacent to an activating group) is 1. The minimum absolute atomic E-state index is 0.177. The molecule has 0 bridgehead atoms. The normalized spacial score (nSPS) is 11.6. The molecule has 1 atom stereocenters. The van der Waals surface area contributed by atoms with E-state index in [4.69, 9.17) is 4.74 Å². The van der Waals surface area contributed by atoms with Gasteiger partial charge in [0.05, 0.1) is 12.7 Å². The van der Waals surface area contributed by atoms with Crippen LogP contribution in [0.2, 0.25) is 0 Å². The van der Waals surface area contributed by atoms with Crippen LogP contribution in [0.3, 0.4) is 0 Å². The highest BCUT2D eigenvalue weighted by molar-refractivity contribution is 5.91. The Bertz CT molecular complexity index is 1220. The molecule has 174 valence electrons. The number of rotatable bonds is 10. The van der Waals surface area contributed by atoms with Crippen molar-refractivity contribution in [3.63, 3.8) is 0 Å². The first-order chi connectivity index (χ1) is 16.4. The first kappa shape index (κ1) is 24.7. The van der Waals surface area contributed by atoms with Gasteiger partial charge in [-0.15, -0.1) is 13.2 Å². The van der Waals surface area contributed by atoms with Gasteiger partial charge in [0.25, 0.3) is 0 Å². The van der Waals surface area contributed by atoms with E-state index in [1.165, 1.54) is 19.2 Å². The molecule has 6 heteroatoms. The number of methoxy groups -OCH3 is 1. The zero-order valence-electron chi connectivity index (χ0n) is 19.5. The van der Waals surface area contributed by atoms with Crippen LogP contribution in [0.15, 0.2) is 79.9 Å². The molecule has 0 aliphatic heterocycles. The number of carbonyl (C=O) groups excluding carboxylic acids is 1. The van der Waals surface area contributed by atoms with Crippen LogP contribution in [-0.2, 0) is 11.3 Å². The lowest BCUT2D eigenvalue weighted by atomic mass is 9.98. The molecular weight excluding hydrogens is 429 g/mol. The topological polar surface area (TPSA) is 56.6 Å². The predicted molar refractivity (Wildman–Crippen MR) is 133 cm³/mol. The van der Waals surface area contributed by atoms with Crippen LogP contribution in [-0.4, -0.2) is 43.0 Å². The molecule has 0 aromatic heterocycles. The molecule has 1 unspecified atom stereocenters. The summed E-state index contributed by atoms with van der Waals surface area (Å²) in [7, 11) is 3.24. The molecule has 0 heterocycles. The van der Waals surface area contributed by atoms with Crippen molar-refractivity contribution in [2.24, 2.45) is 0 Å². The minimum atomic E-state index is -0.669. The minimum Gasteiger partial charge on any atom is -0.495 e. The van der Waals surface area contributed by atoms with Crippen molar-refractivity contribution in [2.45, 2.75) is 12.6 Å². The fraction of sp³-hybridized carbons (Fsp3) is 0.214. The van der Waals surface area contributed by atoms with Gasteiger partial charge in [0.15, 0.2) is 0 Å². The summed E-state index contributed by atoms with van der Waals surface area (Å²) >= 11 is 0. The van der Waals surface area contributed by atoms with Gasteiger partial charge in [0, 0.05) is 32.2 Å². The van der Waals surface area contributed by atoms with Gasteiger partial charge in [-0.05, 0) is 34.5 Å². The second-order valence-electron chi connectivity index (χ2n) is 7.95. The Balaban J connectivity index is 2.06. The molecular formula is C28H28FN3O2. The van der Waals surface area contributed by atoms with Crippen molar-refractivity contribution in [1.29, 1.82) is 5.26 Å². The highest BCUT2D eigenvalue weighted by atomic mass is 19.1. The van der Waals surface area contributed by atoms with E-state index in [0.717, 1.165) is 16.3 Å². The van der Waals surface area contributed by atoms with Crippen LogP contribution in [0, 0.1) is 17.1 Å². The summed E-state index contributed by atoms with van der Waals surface area (Å²) in [6.07, 6.45) is 3.44. The predicted octanol–water partition coefficient (Wildman–Crippen LogP) is 5.23. The monoisotopic (exact) mass is 457 g/mol. The average Bonchev–Trinajstić information content (AvgIpc) is 2.85. The Morgan fingerprint density at radius 2 is 1.79 bits per heavy atom. The van der Waals surface area contributed by atoms with E-state index in [1.54, 1.807) is 42.3 Å². The van der Waals surface area contributed by atoms with E-state index in [1.807, 2.05) is 29.2 Å². The van der Waals surface area contributed by atoms with Gasteiger partial charge in [-0.1, -0.05) is 48.6 Å². The summed E-state index contributed by atoms with van der Waals surface area (Å²) in [5.74, 6) is -0.0937. The summed E-state index contributed by atoms with van der Waals surface area (Å²) < 4.78 is 19.2. The number of amides is 1. The summed E-state index contributed by atoms with van der Waals surface area (Å²) in [6.45, 7) is 8.75. The highest BCUT2D eigenvalue weighted by Gasteiger charge is 2.30. The molecule has 0 fully saturated rings. The van der Waals surface area contributed by atoms with Crippen molar-refractivity contribution in [1.82, 2.24) is 9.80 Å². The van der Waals surface area contributed by atoms with Gasteiger partial charge in [-0.25, -0.2) is 4.39 Å². The van der Waals surface area contributed by atoms with Gasteiger partial charge in [-0.3, -0.25) is 9.69 Å². The van der Waals surface area contributed by atoms with E-state index >= 15 is 0 Å². The van der Waals surface area contributed by atoms with E-state index < -0.39 is 6.04 Å². The third-order valence-corrected chi connectivity index (χ3v) is 5.71. The lowest BCUT2D eigenvalue weighted by Crippen LogP contribution is -2.41. The standard InChI is InChI=1S/C28H28FN3O2/c1-5-15-32(16-6-2)26(20-11-13-23(29)14-12-20)28(33)31(3)19-25-24-10-8-7-9-21(24)17-22(18-30)27(25)34-4/h5-14,17,26H,1-2,15-16,19H2,3-4H3. The van der Waals surface area contributed by atoms with Crippen molar-refractivity contribution in [3.8, 4) is 11.8 Å². The number of halogens is 1. The molecule has 0 aliphatic carbocycles. The van der Waals surface area contributed by atoms with Crippen LogP contribution < -0.4 is 4.74 Å². The van der Waals surface area contributed by atoms with Crippen molar-refractivity contribution >= 4 is 16.7 Å². The fourth-order valence-corrected chi connectivity index (χ4v) is 4.17. The quantitative estimate of drug-likeness (QED) is 0.391. The SMILES string of the molecule is C=CCN(CC=C)C(C(=O)N(C)Cc1c(OC)c(C#N)cc2ccccc12)c1ccc(F)cc1. The number of fused-ring (bicyclic) bond motifs is 1. The third kappa shape index (κ3) is 5.16. The number of carbonyl (C=O) groups is 1. The maximum atomic E-state index is 13.8. The van der Waals surface area contributed by atoms with Gasteiger partial charge in [-0.2, -0.15) is 5.26 Å². The van der Waals surface area contributed by atoms with E-state index in [2.05, 4.69) is 19.2 Å². The fourth-order valence-electron chi connectivity index (χ4n) is 4.17. The lowest BCUT2D eigenvalue weighted by Gasteiger charge is -2.33. The molecule has 0 saturated heterocycles. The number of hydrogen-bond donors (Lipinski definition) is 0. The maximum Gasteiger partial charge on any atom is 0.244 e. The van der Waals surface area contributed by atoms with Gasteiger partial charge in [0.2, 0.25) is 5.91 Å². The van der Waals surface area contributed by atoms with E-state index in [-0.39, 0.29) is 18.3 Å². The molecule has 0 N–H and O–H groups in total. The van der Waals surface area contributed by atoms with E-state index in [9.17, 15) is 14.4 Å². The van der Waals surface area contributed by atoms with Crippen LogP contribution in [0.1, 0.15) is 22.7 Å². The number of nitrogens with zero attached hydrogens (tertiary/aromatic N) is 3. The lowest BCUT2D eigenvalue weighted by molar-refractivity contribution is -0.136. The van der Waals surface area contributed by atoms with Crippen molar-refractivity contribution in [3.05, 3.63) is 102 Å². The van der Waals surface area contributed by atoms with Crippen LogP contribution >= 0.6 is 0 Å². The number of hydrogen-bond acceptors (Lipinski definition) is 4. The van der Waals surface area contributed by atoms with Crippen molar-refractivity contribution in [2.75, 3.05) is 27.2 Å². The first-order valence-electron chi connectivity index (χ1n) is 10.9. The number of nitriles is 1. The zero-order valence-corrected chi connectivity index (χ0v) is 19.5. The molecule has 0 radical (unpaired) electrons. The Labute approximate surface area is 200 Å². The van der Waals surface area contributed by atoms with E-state index in [0.29, 0.717) is 30.0 Å². The van der Waals surface area contributed by atoms with Gasteiger partial charge in [0.1, 0.15) is 23.7 Å². The van der Waals surface area contributed by atoms with Crippen LogP contribution in [0.25, 0.3) is 10.8 Å². The molecule has 0 saturated carbocycles. The largest absolute Gasteiger partial charge is 0.495 e. The Morgan fingerprint density at radius 1 is 1.15 bits per heavy atom. The smallest absolute Gasteiger partial charge is 0.244 e. The summed E-state index contributed by atoms with van der Waals surface area (Å²) in [5.41, 5.74) is 1.83. The first-order valence-corrected chi connectivity index (χ1v) is 10.9.